The van der Waals surface area contributed by atoms with Crippen molar-refractivity contribution in [3.63, 3.8) is 0 Å². The van der Waals surface area contributed by atoms with Crippen LogP contribution in [0.25, 0.3) is 0 Å². The highest BCUT2D eigenvalue weighted by Gasteiger charge is 2.19. The van der Waals surface area contributed by atoms with E-state index in [-0.39, 0.29) is 11.5 Å². The minimum Gasteiger partial charge on any atom is -0.206 e. The lowest BCUT2D eigenvalue weighted by Gasteiger charge is -2.15. The lowest BCUT2D eigenvalue weighted by Crippen LogP contribution is -2.03. The summed E-state index contributed by atoms with van der Waals surface area (Å²) in [5, 5.41) is 0. The van der Waals surface area contributed by atoms with Gasteiger partial charge in [-0.15, -0.1) is 0 Å². The van der Waals surface area contributed by atoms with E-state index in [1.165, 1.54) is 6.92 Å². The van der Waals surface area contributed by atoms with Gasteiger partial charge in [0, 0.05) is 5.56 Å². The molecule has 0 amide bonds. The molecule has 0 aliphatic heterocycles. The summed E-state index contributed by atoms with van der Waals surface area (Å²) in [6.07, 6.45) is 0. The number of hydrogen-bond donors (Lipinski definition) is 0. The van der Waals surface area contributed by atoms with E-state index >= 15 is 0 Å². The molecule has 78 valence electrons. The van der Waals surface area contributed by atoms with Crippen molar-refractivity contribution in [2.24, 2.45) is 0 Å². The molecular formula is C11H13BrF2. The van der Waals surface area contributed by atoms with Crippen molar-refractivity contribution >= 4 is 15.9 Å². The van der Waals surface area contributed by atoms with E-state index < -0.39 is 11.6 Å². The topological polar surface area (TPSA) is 0 Å². The summed E-state index contributed by atoms with van der Waals surface area (Å²) in [6.45, 7) is 6.97. The normalized spacial score (nSPS) is 11.1. The Morgan fingerprint density at radius 3 is 1.93 bits per heavy atom. The molecule has 0 nitrogen and oxygen atoms in total. The Labute approximate surface area is 91.5 Å². The molecular weight excluding hydrogens is 250 g/mol. The van der Waals surface area contributed by atoms with Crippen LogP contribution >= 0.6 is 15.9 Å². The van der Waals surface area contributed by atoms with Gasteiger partial charge in [0.1, 0.15) is 11.6 Å². The van der Waals surface area contributed by atoms with Crippen LogP contribution in [0.5, 0.6) is 0 Å². The van der Waals surface area contributed by atoms with Gasteiger partial charge < -0.3 is 0 Å². The summed E-state index contributed by atoms with van der Waals surface area (Å²) >= 11 is 3.17. The maximum atomic E-state index is 13.5. The van der Waals surface area contributed by atoms with Crippen LogP contribution in [0.15, 0.2) is 4.47 Å². The highest BCUT2D eigenvalue weighted by atomic mass is 79.9. The van der Waals surface area contributed by atoms with Crippen molar-refractivity contribution < 1.29 is 8.78 Å². The first-order chi connectivity index (χ1) is 6.37. The largest absolute Gasteiger partial charge is 0.206 e. The first-order valence-corrected chi connectivity index (χ1v) is 5.30. The molecule has 3 heteroatoms. The summed E-state index contributed by atoms with van der Waals surface area (Å²) in [7, 11) is 0. The van der Waals surface area contributed by atoms with Crippen LogP contribution in [0.1, 0.15) is 36.5 Å². The molecule has 0 aliphatic rings. The van der Waals surface area contributed by atoms with Gasteiger partial charge in [-0.25, -0.2) is 8.78 Å². The molecule has 1 aromatic carbocycles. The van der Waals surface area contributed by atoms with E-state index in [1.807, 2.05) is 13.8 Å². The monoisotopic (exact) mass is 262 g/mol. The van der Waals surface area contributed by atoms with Crippen LogP contribution in [0.2, 0.25) is 0 Å². The predicted molar refractivity (Wildman–Crippen MR) is 57.6 cm³/mol. The lowest BCUT2D eigenvalue weighted by atomic mass is 9.95. The third kappa shape index (κ3) is 1.70. The Morgan fingerprint density at radius 2 is 1.50 bits per heavy atom. The molecule has 0 aliphatic carbocycles. The number of hydrogen-bond acceptors (Lipinski definition) is 0. The second-order valence-electron chi connectivity index (χ2n) is 3.76. The van der Waals surface area contributed by atoms with E-state index in [4.69, 9.17) is 0 Å². The Balaban J connectivity index is 3.60. The standard InChI is InChI=1S/C11H13BrF2/c1-5(2)8-6(3)10(13)7(4)11(14)9(8)12/h5H,1-4H3. The van der Waals surface area contributed by atoms with Crippen molar-refractivity contribution in [3.05, 3.63) is 32.8 Å². The Morgan fingerprint density at radius 1 is 1.00 bits per heavy atom. The van der Waals surface area contributed by atoms with E-state index in [9.17, 15) is 8.78 Å². The van der Waals surface area contributed by atoms with Gasteiger partial charge >= 0.3 is 0 Å². The van der Waals surface area contributed by atoms with Crippen LogP contribution in [0.4, 0.5) is 8.78 Å². The molecule has 0 radical (unpaired) electrons. The van der Waals surface area contributed by atoms with Crippen LogP contribution < -0.4 is 0 Å². The van der Waals surface area contributed by atoms with Crippen molar-refractivity contribution in [2.75, 3.05) is 0 Å². The van der Waals surface area contributed by atoms with E-state index in [0.29, 0.717) is 15.6 Å². The molecule has 1 aromatic rings. The van der Waals surface area contributed by atoms with Gasteiger partial charge in [0.25, 0.3) is 0 Å². The second kappa shape index (κ2) is 3.97. The zero-order valence-corrected chi connectivity index (χ0v) is 10.3. The fourth-order valence-corrected chi connectivity index (χ4v) is 2.68. The van der Waals surface area contributed by atoms with Gasteiger partial charge in [0.2, 0.25) is 0 Å². The SMILES string of the molecule is Cc1c(F)c(C)c(C(C)C)c(Br)c1F. The van der Waals surface area contributed by atoms with Crippen molar-refractivity contribution in [3.8, 4) is 0 Å². The second-order valence-corrected chi connectivity index (χ2v) is 4.55. The highest BCUT2D eigenvalue weighted by Crippen LogP contribution is 2.34. The van der Waals surface area contributed by atoms with Gasteiger partial charge in [-0.05, 0) is 46.8 Å². The number of halogens is 3. The first-order valence-electron chi connectivity index (χ1n) is 4.51. The van der Waals surface area contributed by atoms with E-state index in [2.05, 4.69) is 15.9 Å². The summed E-state index contributed by atoms with van der Waals surface area (Å²) in [5.41, 5.74) is 1.33. The third-order valence-electron chi connectivity index (χ3n) is 2.40. The molecule has 0 unspecified atom stereocenters. The lowest BCUT2D eigenvalue weighted by molar-refractivity contribution is 0.550. The average molecular weight is 263 g/mol. The quantitative estimate of drug-likeness (QED) is 0.656. The molecule has 0 atom stereocenters. The Kier molecular flexibility index (Phi) is 3.30. The molecule has 0 aromatic heterocycles. The number of benzene rings is 1. The molecule has 1 rings (SSSR count). The summed E-state index contributed by atoms with van der Waals surface area (Å²) in [5.74, 6) is -0.819. The molecule has 0 spiro atoms. The molecule has 14 heavy (non-hydrogen) atoms. The van der Waals surface area contributed by atoms with Crippen LogP contribution in [-0.4, -0.2) is 0 Å². The molecule has 0 bridgehead atoms. The van der Waals surface area contributed by atoms with Crippen molar-refractivity contribution in [1.29, 1.82) is 0 Å². The van der Waals surface area contributed by atoms with Crippen LogP contribution in [0, 0.1) is 25.5 Å². The Hall–Kier alpha value is -0.440. The van der Waals surface area contributed by atoms with Gasteiger partial charge in [0.15, 0.2) is 0 Å². The first kappa shape index (κ1) is 11.6. The van der Waals surface area contributed by atoms with Gasteiger partial charge in [0.05, 0.1) is 4.47 Å². The smallest absolute Gasteiger partial charge is 0.143 e. The number of rotatable bonds is 1. The third-order valence-corrected chi connectivity index (χ3v) is 3.17. The van der Waals surface area contributed by atoms with Crippen molar-refractivity contribution in [1.82, 2.24) is 0 Å². The Bertz CT molecular complexity index is 341. The molecule has 0 N–H and O–H groups in total. The summed E-state index contributed by atoms with van der Waals surface area (Å²) in [6, 6.07) is 0. The molecule has 0 heterocycles. The van der Waals surface area contributed by atoms with Crippen LogP contribution in [-0.2, 0) is 0 Å². The minimum absolute atomic E-state index is 0.0822. The highest BCUT2D eigenvalue weighted by molar-refractivity contribution is 9.10. The zero-order valence-electron chi connectivity index (χ0n) is 8.71. The fraction of sp³-hybridized carbons (Fsp3) is 0.455. The van der Waals surface area contributed by atoms with E-state index in [0.717, 1.165) is 0 Å². The van der Waals surface area contributed by atoms with Gasteiger partial charge in [-0.3, -0.25) is 0 Å². The predicted octanol–water partition coefficient (Wildman–Crippen LogP) is 4.47. The average Bonchev–Trinajstić information content (AvgIpc) is 2.11. The fourth-order valence-electron chi connectivity index (χ4n) is 1.63. The summed E-state index contributed by atoms with van der Waals surface area (Å²) in [4.78, 5) is 0. The maximum absolute atomic E-state index is 13.5. The molecule has 0 saturated heterocycles. The zero-order chi connectivity index (χ0) is 11.0. The summed E-state index contributed by atoms with van der Waals surface area (Å²) < 4.78 is 27.4. The molecule has 0 fully saturated rings. The van der Waals surface area contributed by atoms with Gasteiger partial charge in [-0.1, -0.05) is 13.8 Å². The van der Waals surface area contributed by atoms with E-state index in [1.54, 1.807) is 6.92 Å². The van der Waals surface area contributed by atoms with Crippen molar-refractivity contribution in [2.45, 2.75) is 33.6 Å². The maximum Gasteiger partial charge on any atom is 0.143 e. The van der Waals surface area contributed by atoms with Crippen LogP contribution in [0.3, 0.4) is 0 Å². The van der Waals surface area contributed by atoms with Gasteiger partial charge in [-0.2, -0.15) is 0 Å². The molecule has 0 saturated carbocycles. The minimum atomic E-state index is -0.489.